The molecule has 2 amide bonds. The highest BCUT2D eigenvalue weighted by atomic mass is 35.5. The predicted molar refractivity (Wildman–Crippen MR) is 99.5 cm³/mol. The Hall–Kier alpha value is -1.59. The highest BCUT2D eigenvalue weighted by Gasteiger charge is 2.38. The number of anilines is 1. The number of rotatable bonds is 5. The zero-order valence-corrected chi connectivity index (χ0v) is 15.2. The monoisotopic (exact) mass is 363 g/mol. The predicted octanol–water partition coefficient (Wildman–Crippen LogP) is 2.72. The van der Waals surface area contributed by atoms with Crippen molar-refractivity contribution in [3.8, 4) is 0 Å². The minimum Gasteiger partial charge on any atom is -0.351 e. The molecule has 1 saturated carbocycles. The number of carbonyl (C=O) groups is 2. The molecule has 1 aromatic rings. The van der Waals surface area contributed by atoms with Crippen LogP contribution in [0, 0.1) is 11.8 Å². The maximum atomic E-state index is 12.7. The summed E-state index contributed by atoms with van der Waals surface area (Å²) in [6.45, 7) is 0.962. The lowest BCUT2D eigenvalue weighted by molar-refractivity contribution is -0.132. The van der Waals surface area contributed by atoms with E-state index < -0.39 is 5.92 Å². The molecule has 1 aliphatic heterocycles. The summed E-state index contributed by atoms with van der Waals surface area (Å²) in [5.74, 6) is -0.533. The van der Waals surface area contributed by atoms with Crippen LogP contribution in [0.1, 0.15) is 38.5 Å². The second kappa shape index (κ2) is 8.19. The third kappa shape index (κ3) is 4.15. The van der Waals surface area contributed by atoms with Gasteiger partial charge in [0.2, 0.25) is 11.8 Å². The smallest absolute Gasteiger partial charge is 0.239 e. The van der Waals surface area contributed by atoms with E-state index in [0.29, 0.717) is 30.5 Å². The van der Waals surface area contributed by atoms with Crippen LogP contribution in [0.25, 0.3) is 0 Å². The van der Waals surface area contributed by atoms with Crippen LogP contribution in [0.5, 0.6) is 0 Å². The molecule has 2 fully saturated rings. The molecule has 1 aromatic carbocycles. The second-order valence-corrected chi connectivity index (χ2v) is 7.50. The van der Waals surface area contributed by atoms with Crippen molar-refractivity contribution in [3.05, 3.63) is 29.3 Å². The Morgan fingerprint density at radius 2 is 2.04 bits per heavy atom. The van der Waals surface area contributed by atoms with Gasteiger partial charge in [-0.1, -0.05) is 36.9 Å². The third-order valence-electron chi connectivity index (χ3n) is 5.44. The highest BCUT2D eigenvalue weighted by Crippen LogP contribution is 2.29. The van der Waals surface area contributed by atoms with Gasteiger partial charge in [0.15, 0.2) is 0 Å². The molecule has 1 saturated heterocycles. The zero-order chi connectivity index (χ0) is 17.8. The van der Waals surface area contributed by atoms with Crippen molar-refractivity contribution in [1.29, 1.82) is 0 Å². The molecule has 0 bridgehead atoms. The Kier molecular flexibility index (Phi) is 5.97. The van der Waals surface area contributed by atoms with Crippen LogP contribution in [0.4, 0.5) is 5.69 Å². The van der Waals surface area contributed by atoms with Crippen LogP contribution >= 0.6 is 11.6 Å². The molecule has 25 heavy (non-hydrogen) atoms. The lowest BCUT2D eigenvalue weighted by Gasteiger charge is -2.30. The van der Waals surface area contributed by atoms with Gasteiger partial charge in [-0.05, 0) is 43.4 Å². The average Bonchev–Trinajstić information content (AvgIpc) is 3.02. The van der Waals surface area contributed by atoms with Gasteiger partial charge in [-0.25, -0.2) is 0 Å². The fraction of sp³-hybridized carbons (Fsp3) is 0.579. The van der Waals surface area contributed by atoms with Crippen molar-refractivity contribution >= 4 is 29.1 Å². The van der Waals surface area contributed by atoms with Crippen LogP contribution in [0.3, 0.4) is 0 Å². The first kappa shape index (κ1) is 18.2. The van der Waals surface area contributed by atoms with Gasteiger partial charge in [-0.3, -0.25) is 9.59 Å². The third-order valence-corrected chi connectivity index (χ3v) is 5.68. The Morgan fingerprint density at radius 3 is 2.72 bits per heavy atom. The molecule has 1 heterocycles. The van der Waals surface area contributed by atoms with Crippen molar-refractivity contribution in [2.24, 2.45) is 17.6 Å². The lowest BCUT2D eigenvalue weighted by atomic mass is 9.83. The summed E-state index contributed by atoms with van der Waals surface area (Å²) in [6, 6.07) is 7.15. The summed E-state index contributed by atoms with van der Waals surface area (Å²) in [5, 5.41) is 3.64. The molecule has 2 unspecified atom stereocenters. The molecule has 2 atom stereocenters. The summed E-state index contributed by atoms with van der Waals surface area (Å²) in [5.41, 5.74) is 6.64. The molecule has 0 radical (unpaired) electrons. The molecular formula is C19H26ClN3O2. The number of carbonyl (C=O) groups excluding carboxylic acids is 2. The molecule has 5 nitrogen and oxygen atoms in total. The molecule has 3 N–H and O–H groups in total. The van der Waals surface area contributed by atoms with Crippen molar-refractivity contribution in [1.82, 2.24) is 5.32 Å². The van der Waals surface area contributed by atoms with Crippen molar-refractivity contribution in [2.75, 3.05) is 18.0 Å². The largest absolute Gasteiger partial charge is 0.351 e. The molecule has 2 aliphatic rings. The fourth-order valence-electron chi connectivity index (χ4n) is 4.01. The first-order valence-electron chi connectivity index (χ1n) is 9.17. The summed E-state index contributed by atoms with van der Waals surface area (Å²) in [6.07, 6.45) is 6.39. The van der Waals surface area contributed by atoms with Crippen molar-refractivity contribution in [2.45, 2.75) is 44.6 Å². The molecule has 3 rings (SSSR count). The van der Waals surface area contributed by atoms with Gasteiger partial charge in [-0.2, -0.15) is 0 Å². The van der Waals surface area contributed by atoms with E-state index in [1.54, 1.807) is 17.0 Å². The molecule has 0 spiro atoms. The minimum absolute atomic E-state index is 0.0270. The molecule has 0 aromatic heterocycles. The van der Waals surface area contributed by atoms with Gasteiger partial charge >= 0.3 is 0 Å². The molecule has 136 valence electrons. The average molecular weight is 364 g/mol. The molecular weight excluding hydrogens is 338 g/mol. The van der Waals surface area contributed by atoms with Gasteiger partial charge in [0.05, 0.1) is 0 Å². The Balaban J connectivity index is 1.63. The Morgan fingerprint density at radius 1 is 1.28 bits per heavy atom. The number of benzene rings is 1. The van der Waals surface area contributed by atoms with E-state index in [2.05, 4.69) is 5.32 Å². The van der Waals surface area contributed by atoms with E-state index in [0.717, 1.165) is 18.5 Å². The van der Waals surface area contributed by atoms with Crippen LogP contribution in [-0.2, 0) is 9.59 Å². The quantitative estimate of drug-likeness (QED) is 0.790. The van der Waals surface area contributed by atoms with Gasteiger partial charge in [0, 0.05) is 29.8 Å². The van der Waals surface area contributed by atoms with E-state index in [9.17, 15) is 9.59 Å². The van der Waals surface area contributed by atoms with E-state index in [1.165, 1.54) is 19.3 Å². The summed E-state index contributed by atoms with van der Waals surface area (Å²) >= 11 is 6.01. The van der Waals surface area contributed by atoms with Crippen LogP contribution in [-0.4, -0.2) is 30.9 Å². The SMILES string of the molecule is NCC(NC(=O)C1CCN(c2cccc(Cl)c2)C1=O)C1CCCCC1. The van der Waals surface area contributed by atoms with E-state index >= 15 is 0 Å². The number of hydrogen-bond donors (Lipinski definition) is 2. The number of halogens is 1. The molecule has 1 aliphatic carbocycles. The van der Waals surface area contributed by atoms with E-state index in [1.807, 2.05) is 12.1 Å². The maximum absolute atomic E-state index is 12.7. The van der Waals surface area contributed by atoms with E-state index in [-0.39, 0.29) is 17.9 Å². The van der Waals surface area contributed by atoms with Gasteiger partial charge < -0.3 is 16.0 Å². The number of nitrogens with one attached hydrogen (secondary N) is 1. The topological polar surface area (TPSA) is 75.4 Å². The fourth-order valence-corrected chi connectivity index (χ4v) is 4.20. The number of nitrogens with zero attached hydrogens (tertiary/aromatic N) is 1. The normalized spacial score (nSPS) is 22.9. The first-order chi connectivity index (χ1) is 12.1. The van der Waals surface area contributed by atoms with Gasteiger partial charge in [0.1, 0.15) is 5.92 Å². The zero-order valence-electron chi connectivity index (χ0n) is 14.4. The van der Waals surface area contributed by atoms with Gasteiger partial charge in [0.25, 0.3) is 0 Å². The maximum Gasteiger partial charge on any atom is 0.239 e. The van der Waals surface area contributed by atoms with Crippen LogP contribution in [0.15, 0.2) is 24.3 Å². The van der Waals surface area contributed by atoms with Crippen molar-refractivity contribution < 1.29 is 9.59 Å². The number of amides is 2. The van der Waals surface area contributed by atoms with Crippen molar-refractivity contribution in [3.63, 3.8) is 0 Å². The number of nitrogens with two attached hydrogens (primary N) is 1. The first-order valence-corrected chi connectivity index (χ1v) is 9.55. The van der Waals surface area contributed by atoms with Gasteiger partial charge in [-0.15, -0.1) is 0 Å². The Labute approximate surface area is 153 Å². The summed E-state index contributed by atoms with van der Waals surface area (Å²) in [4.78, 5) is 27.0. The number of hydrogen-bond acceptors (Lipinski definition) is 3. The van der Waals surface area contributed by atoms with Crippen LogP contribution in [0.2, 0.25) is 5.02 Å². The minimum atomic E-state index is -0.628. The standard InChI is InChI=1S/C19H26ClN3O2/c20-14-7-4-8-15(11-14)23-10-9-16(19(23)25)18(24)22-17(12-21)13-5-2-1-3-6-13/h4,7-8,11,13,16-17H,1-3,5-6,9-10,12,21H2,(H,22,24). The lowest BCUT2D eigenvalue weighted by Crippen LogP contribution is -2.49. The summed E-state index contributed by atoms with van der Waals surface area (Å²) in [7, 11) is 0. The highest BCUT2D eigenvalue weighted by molar-refractivity contribution is 6.31. The Bertz CT molecular complexity index is 631. The van der Waals surface area contributed by atoms with Crippen LogP contribution < -0.4 is 16.0 Å². The molecule has 6 heteroatoms. The second-order valence-electron chi connectivity index (χ2n) is 7.06. The summed E-state index contributed by atoms with van der Waals surface area (Å²) < 4.78 is 0. The van der Waals surface area contributed by atoms with E-state index in [4.69, 9.17) is 17.3 Å².